The Kier molecular flexibility index (Phi) is 10.9. The maximum Gasteiger partial charge on any atom is 0.417 e. The Morgan fingerprint density at radius 2 is 1.56 bits per heavy atom. The number of nitrogens with one attached hydrogen (secondary N) is 1. The minimum Gasteiger partial charge on any atom is -0.497 e. The van der Waals surface area contributed by atoms with E-state index in [0.717, 1.165) is 23.4 Å². The molecule has 0 fully saturated rings. The highest BCUT2D eigenvalue weighted by Crippen LogP contribution is 2.37. The monoisotopic (exact) mass is 643 g/mol. The first-order valence-electron chi connectivity index (χ1n) is 14.6. The van der Waals surface area contributed by atoms with Crippen LogP contribution in [0.4, 0.5) is 13.2 Å². The number of halogens is 3. The fourth-order valence-electron chi connectivity index (χ4n) is 3.95. The highest BCUT2D eigenvalue weighted by atomic mass is 28.4. The van der Waals surface area contributed by atoms with Gasteiger partial charge in [-0.2, -0.15) is 13.2 Å². The first-order valence-corrected chi connectivity index (χ1v) is 17.5. The van der Waals surface area contributed by atoms with Crippen LogP contribution in [0.2, 0.25) is 18.1 Å². The Balaban J connectivity index is 1.37. The smallest absolute Gasteiger partial charge is 0.417 e. The van der Waals surface area contributed by atoms with E-state index in [9.17, 15) is 13.2 Å². The number of ether oxygens (including phenoxy) is 4. The van der Waals surface area contributed by atoms with Gasteiger partial charge < -0.3 is 28.4 Å². The third-order valence-electron chi connectivity index (χ3n) is 7.71. The van der Waals surface area contributed by atoms with Crippen LogP contribution < -0.4 is 14.2 Å². The lowest BCUT2D eigenvalue weighted by molar-refractivity contribution is -0.137. The van der Waals surface area contributed by atoms with Gasteiger partial charge >= 0.3 is 6.18 Å². The normalized spacial score (nSPS) is 12.3. The van der Waals surface area contributed by atoms with Crippen molar-refractivity contribution in [1.82, 2.24) is 15.0 Å². The molecule has 0 bridgehead atoms. The third-order valence-corrected chi connectivity index (χ3v) is 12.3. The van der Waals surface area contributed by atoms with Crippen molar-refractivity contribution >= 4 is 8.32 Å². The van der Waals surface area contributed by atoms with E-state index in [1.165, 1.54) is 6.20 Å². The molecule has 0 saturated carbocycles. The Morgan fingerprint density at radius 1 is 0.822 bits per heavy atom. The van der Waals surface area contributed by atoms with E-state index in [1.807, 2.05) is 24.3 Å². The van der Waals surface area contributed by atoms with E-state index >= 15 is 0 Å². The van der Waals surface area contributed by atoms with Crippen molar-refractivity contribution in [2.24, 2.45) is 0 Å². The van der Waals surface area contributed by atoms with Gasteiger partial charge in [0, 0.05) is 24.7 Å². The van der Waals surface area contributed by atoms with Crippen molar-refractivity contribution in [2.75, 3.05) is 20.3 Å². The Labute approximate surface area is 263 Å². The molecule has 0 unspecified atom stereocenters. The van der Waals surface area contributed by atoms with Gasteiger partial charge in [-0.05, 0) is 53.5 Å². The van der Waals surface area contributed by atoms with Crippen LogP contribution in [0.5, 0.6) is 17.4 Å². The molecule has 4 rings (SSSR count). The van der Waals surface area contributed by atoms with Crippen molar-refractivity contribution in [3.05, 3.63) is 89.5 Å². The van der Waals surface area contributed by atoms with E-state index < -0.39 is 20.1 Å². The summed E-state index contributed by atoms with van der Waals surface area (Å²) >= 11 is 0. The number of pyridine rings is 2. The zero-order valence-corrected chi connectivity index (χ0v) is 27.5. The molecule has 0 aliphatic rings. The number of rotatable bonds is 14. The van der Waals surface area contributed by atoms with Gasteiger partial charge in [-0.1, -0.05) is 39.0 Å². The van der Waals surface area contributed by atoms with Crippen molar-refractivity contribution in [1.29, 1.82) is 0 Å². The molecule has 1 aromatic carbocycles. The molecule has 0 amide bonds. The van der Waals surface area contributed by atoms with Gasteiger partial charge in [-0.3, -0.25) is 4.98 Å². The van der Waals surface area contributed by atoms with Gasteiger partial charge in [0.2, 0.25) is 5.88 Å². The molecule has 4 aromatic rings. The minimum atomic E-state index is -4.48. The van der Waals surface area contributed by atoms with Crippen LogP contribution in [0.1, 0.15) is 43.2 Å². The molecule has 0 spiro atoms. The molecule has 1 N–H and O–H groups in total. The summed E-state index contributed by atoms with van der Waals surface area (Å²) in [5, 5.41) is 0.154. The summed E-state index contributed by atoms with van der Waals surface area (Å²) < 4.78 is 68.8. The number of hydrogen-bond donors (Lipinski definition) is 1. The Hall–Kier alpha value is -3.87. The van der Waals surface area contributed by atoms with Crippen molar-refractivity contribution < 1.29 is 36.5 Å². The lowest BCUT2D eigenvalue weighted by Gasteiger charge is -2.36. The SMILES string of the molecule is COc1ccc(COc2cc(OCc3ccc(COCCO[Si](C)(C)C(C)(C)C)cn3)ncc2-c2cc(C(F)(F)F)c[nH]2)cc1. The molecule has 45 heavy (non-hydrogen) atoms. The van der Waals surface area contributed by atoms with Gasteiger partial charge in [-0.15, -0.1) is 0 Å². The van der Waals surface area contributed by atoms with Crippen LogP contribution in [-0.2, 0) is 35.2 Å². The lowest BCUT2D eigenvalue weighted by Crippen LogP contribution is -2.41. The van der Waals surface area contributed by atoms with Gasteiger partial charge in [0.1, 0.15) is 24.7 Å². The van der Waals surface area contributed by atoms with Crippen LogP contribution in [0.25, 0.3) is 11.3 Å². The summed E-state index contributed by atoms with van der Waals surface area (Å²) in [7, 11) is -0.221. The summed E-state index contributed by atoms with van der Waals surface area (Å²) in [5.41, 5.74) is 2.23. The summed E-state index contributed by atoms with van der Waals surface area (Å²) in [6.07, 6.45) is -0.413. The molecule has 0 aliphatic carbocycles. The molecule has 0 radical (unpaired) electrons. The van der Waals surface area contributed by atoms with E-state index in [4.69, 9.17) is 23.4 Å². The number of H-pyrrole nitrogens is 1. The maximum absolute atomic E-state index is 13.3. The highest BCUT2D eigenvalue weighted by molar-refractivity contribution is 6.74. The fraction of sp³-hybridized carbons (Fsp3) is 0.394. The molecule has 0 aliphatic heterocycles. The number of benzene rings is 1. The largest absolute Gasteiger partial charge is 0.497 e. The number of hydrogen-bond acceptors (Lipinski definition) is 7. The quantitative estimate of drug-likeness (QED) is 0.110. The number of alkyl halides is 3. The third kappa shape index (κ3) is 9.56. The summed E-state index contributed by atoms with van der Waals surface area (Å²) in [6, 6.07) is 13.6. The first kappa shape index (κ1) is 34.0. The predicted octanol–water partition coefficient (Wildman–Crippen LogP) is 8.20. The van der Waals surface area contributed by atoms with Crippen LogP contribution in [0.3, 0.4) is 0 Å². The summed E-state index contributed by atoms with van der Waals surface area (Å²) in [6.45, 7) is 12.8. The number of aromatic amines is 1. The average molecular weight is 644 g/mol. The Bertz CT molecular complexity index is 1520. The van der Waals surface area contributed by atoms with E-state index in [-0.39, 0.29) is 29.8 Å². The van der Waals surface area contributed by atoms with Gasteiger partial charge in [0.25, 0.3) is 0 Å². The van der Waals surface area contributed by atoms with Crippen molar-refractivity contribution in [3.8, 4) is 28.6 Å². The number of nitrogens with zero attached hydrogens (tertiary/aromatic N) is 2. The van der Waals surface area contributed by atoms with E-state index in [0.29, 0.717) is 42.6 Å². The summed E-state index contributed by atoms with van der Waals surface area (Å²) in [4.78, 5) is 11.4. The standard InChI is InChI=1S/C33H40F3N3O5Si/c1-32(2,3)45(5,6)44-14-13-41-20-24-7-10-26(37-17-24)22-43-31-16-30(42-21-23-8-11-27(40-4)12-9-23)28(19-39-31)29-15-25(18-38-29)33(34,35)36/h7-12,15-19,38H,13-14,20-22H2,1-6H3. The first-order chi connectivity index (χ1) is 21.2. The second-order valence-electron chi connectivity index (χ2n) is 12.1. The predicted molar refractivity (Wildman–Crippen MR) is 168 cm³/mol. The van der Waals surface area contributed by atoms with Crippen molar-refractivity contribution in [2.45, 2.75) is 64.9 Å². The van der Waals surface area contributed by atoms with E-state index in [1.54, 1.807) is 31.5 Å². The Morgan fingerprint density at radius 3 is 2.18 bits per heavy atom. The molecule has 3 aromatic heterocycles. The zero-order chi connectivity index (χ0) is 32.7. The van der Waals surface area contributed by atoms with Crippen molar-refractivity contribution in [3.63, 3.8) is 0 Å². The van der Waals surface area contributed by atoms with Crippen LogP contribution in [0, 0.1) is 0 Å². The molecule has 242 valence electrons. The van der Waals surface area contributed by atoms with Gasteiger partial charge in [-0.25, -0.2) is 4.98 Å². The van der Waals surface area contributed by atoms with E-state index in [2.05, 4.69) is 48.8 Å². The molecule has 0 saturated heterocycles. The molecule has 3 heterocycles. The van der Waals surface area contributed by atoms with Crippen LogP contribution >= 0.6 is 0 Å². The average Bonchev–Trinajstić information content (AvgIpc) is 3.50. The molecule has 8 nitrogen and oxygen atoms in total. The lowest BCUT2D eigenvalue weighted by atomic mass is 10.1. The fourth-order valence-corrected chi connectivity index (χ4v) is 4.98. The molecule has 0 atom stereocenters. The maximum atomic E-state index is 13.3. The second kappa shape index (κ2) is 14.5. The van der Waals surface area contributed by atoms with Gasteiger partial charge in [0.05, 0.1) is 49.4 Å². The number of aromatic nitrogens is 3. The van der Waals surface area contributed by atoms with Gasteiger partial charge in [0.15, 0.2) is 8.32 Å². The van der Waals surface area contributed by atoms with Crippen LogP contribution in [0.15, 0.2) is 67.1 Å². The summed E-state index contributed by atoms with van der Waals surface area (Å²) in [5.74, 6) is 1.25. The van der Waals surface area contributed by atoms with Crippen LogP contribution in [-0.4, -0.2) is 43.6 Å². The highest BCUT2D eigenvalue weighted by Gasteiger charge is 2.37. The number of methoxy groups -OCH3 is 1. The second-order valence-corrected chi connectivity index (χ2v) is 16.9. The topological polar surface area (TPSA) is 87.7 Å². The molecular formula is C33H40F3N3O5Si. The minimum absolute atomic E-state index is 0.131. The zero-order valence-electron chi connectivity index (χ0n) is 26.5. The molecular weight excluding hydrogens is 603 g/mol. The molecule has 12 heteroatoms.